The van der Waals surface area contributed by atoms with Crippen LogP contribution in [0.5, 0.6) is 0 Å². The summed E-state index contributed by atoms with van der Waals surface area (Å²) in [6, 6.07) is 9.81. The molecule has 2 aliphatic heterocycles. The van der Waals surface area contributed by atoms with E-state index in [1.807, 2.05) is 35.2 Å². The van der Waals surface area contributed by atoms with E-state index in [9.17, 15) is 4.79 Å². The first kappa shape index (κ1) is 15.3. The molecule has 1 amide bonds. The largest absolute Gasteiger partial charge is 0.426 e. The van der Waals surface area contributed by atoms with E-state index in [2.05, 4.69) is 20.8 Å². The average molecular weight is 302 g/mol. The van der Waals surface area contributed by atoms with Gasteiger partial charge in [0.15, 0.2) is 6.23 Å². The fourth-order valence-corrected chi connectivity index (χ4v) is 4.24. The summed E-state index contributed by atoms with van der Waals surface area (Å²) in [5.41, 5.74) is 6.85. The molecule has 0 spiro atoms. The third kappa shape index (κ3) is 2.30. The Morgan fingerprint density at radius 3 is 2.41 bits per heavy atom. The molecule has 120 valence electrons. The van der Waals surface area contributed by atoms with E-state index >= 15 is 0 Å². The quantitative estimate of drug-likeness (QED) is 0.845. The molecule has 22 heavy (non-hydrogen) atoms. The van der Waals surface area contributed by atoms with E-state index in [4.69, 9.17) is 10.5 Å². The van der Waals surface area contributed by atoms with Gasteiger partial charge >= 0.3 is 6.09 Å². The Hall–Kier alpha value is -1.55. The van der Waals surface area contributed by atoms with Crippen molar-refractivity contribution in [3.8, 4) is 0 Å². The molecule has 2 saturated heterocycles. The SMILES string of the molecule is CC(C)(C)C12CCC(CC1)N2C(=O)O[C@@H](N)c1ccccc1. The average Bonchev–Trinajstić information content (AvgIpc) is 3.04. The van der Waals surface area contributed by atoms with Gasteiger partial charge < -0.3 is 4.74 Å². The third-order valence-electron chi connectivity index (χ3n) is 5.56. The maximum atomic E-state index is 12.8. The van der Waals surface area contributed by atoms with Crippen LogP contribution in [0.3, 0.4) is 0 Å². The van der Waals surface area contributed by atoms with E-state index in [-0.39, 0.29) is 17.0 Å². The Balaban J connectivity index is 1.78. The van der Waals surface area contributed by atoms with Crippen molar-refractivity contribution in [1.82, 2.24) is 4.90 Å². The molecule has 4 heteroatoms. The molecule has 2 aliphatic rings. The van der Waals surface area contributed by atoms with Gasteiger partial charge in [0.1, 0.15) is 0 Å². The fourth-order valence-electron chi connectivity index (χ4n) is 4.24. The highest BCUT2D eigenvalue weighted by atomic mass is 16.6. The Kier molecular flexibility index (Phi) is 3.68. The van der Waals surface area contributed by atoms with Crippen molar-refractivity contribution in [3.05, 3.63) is 35.9 Å². The molecule has 4 nitrogen and oxygen atoms in total. The second-order valence-corrected chi connectivity index (χ2v) is 7.60. The second kappa shape index (κ2) is 5.27. The van der Waals surface area contributed by atoms with Crippen molar-refractivity contribution >= 4 is 6.09 Å². The fraction of sp³-hybridized carbons (Fsp3) is 0.611. The smallest absolute Gasteiger partial charge is 0.412 e. The van der Waals surface area contributed by atoms with Crippen molar-refractivity contribution in [2.24, 2.45) is 11.1 Å². The molecule has 0 aliphatic carbocycles. The number of ether oxygens (including phenoxy) is 1. The summed E-state index contributed by atoms with van der Waals surface area (Å²) < 4.78 is 5.59. The van der Waals surface area contributed by atoms with Crippen LogP contribution in [-0.4, -0.2) is 22.6 Å². The van der Waals surface area contributed by atoms with Crippen molar-refractivity contribution < 1.29 is 9.53 Å². The highest BCUT2D eigenvalue weighted by Crippen LogP contribution is 2.55. The molecule has 0 unspecified atom stereocenters. The highest BCUT2D eigenvalue weighted by molar-refractivity contribution is 5.71. The van der Waals surface area contributed by atoms with Crippen LogP contribution in [-0.2, 0) is 4.74 Å². The number of rotatable bonds is 2. The van der Waals surface area contributed by atoms with E-state index < -0.39 is 6.23 Å². The van der Waals surface area contributed by atoms with Crippen molar-refractivity contribution in [1.29, 1.82) is 0 Å². The zero-order valence-corrected chi connectivity index (χ0v) is 13.7. The lowest BCUT2D eigenvalue weighted by atomic mass is 9.69. The Morgan fingerprint density at radius 2 is 1.86 bits per heavy atom. The van der Waals surface area contributed by atoms with Gasteiger partial charge in [-0.1, -0.05) is 51.1 Å². The van der Waals surface area contributed by atoms with Crippen LogP contribution >= 0.6 is 0 Å². The van der Waals surface area contributed by atoms with Gasteiger partial charge in [-0.15, -0.1) is 0 Å². The number of nitrogens with zero attached hydrogens (tertiary/aromatic N) is 1. The first-order valence-corrected chi connectivity index (χ1v) is 8.16. The minimum absolute atomic E-state index is 0.0497. The Bertz CT molecular complexity index is 542. The molecule has 2 N–H and O–H groups in total. The molecule has 0 aromatic heterocycles. The molecule has 1 atom stereocenters. The number of fused-ring (bicyclic) bond motifs is 2. The van der Waals surface area contributed by atoms with Gasteiger partial charge in [-0.3, -0.25) is 10.6 Å². The lowest BCUT2D eigenvalue weighted by Gasteiger charge is -2.45. The summed E-state index contributed by atoms with van der Waals surface area (Å²) in [6.07, 6.45) is 3.32. The number of nitrogens with two attached hydrogens (primary N) is 1. The van der Waals surface area contributed by atoms with Crippen LogP contribution in [0.1, 0.15) is 58.2 Å². The van der Waals surface area contributed by atoms with Gasteiger partial charge in [0.05, 0.1) is 5.54 Å². The summed E-state index contributed by atoms with van der Waals surface area (Å²) in [4.78, 5) is 14.8. The molecule has 1 aromatic rings. The molecule has 0 radical (unpaired) electrons. The van der Waals surface area contributed by atoms with E-state index in [0.29, 0.717) is 6.04 Å². The van der Waals surface area contributed by atoms with Gasteiger partial charge in [0, 0.05) is 11.6 Å². The number of hydrogen-bond acceptors (Lipinski definition) is 3. The molecule has 1 aromatic carbocycles. The highest BCUT2D eigenvalue weighted by Gasteiger charge is 2.59. The van der Waals surface area contributed by atoms with Crippen LogP contribution in [0.2, 0.25) is 0 Å². The first-order chi connectivity index (χ1) is 10.3. The van der Waals surface area contributed by atoms with Gasteiger partial charge in [-0.05, 0) is 31.1 Å². The minimum Gasteiger partial charge on any atom is -0.426 e. The number of hydrogen-bond donors (Lipinski definition) is 1. The standard InChI is InChI=1S/C18H26N2O2/c1-17(2,3)18-11-9-14(10-12-18)20(18)16(21)22-15(19)13-7-5-4-6-8-13/h4-8,14-15H,9-12,19H2,1-3H3/t14?,15-,18?/m1/s1. The summed E-state index contributed by atoms with van der Waals surface area (Å²) in [6.45, 7) is 6.66. The zero-order valence-electron chi connectivity index (χ0n) is 13.7. The van der Waals surface area contributed by atoms with Gasteiger partial charge in [-0.2, -0.15) is 0 Å². The molecule has 2 bridgehead atoms. The summed E-state index contributed by atoms with van der Waals surface area (Å²) in [5.74, 6) is 0. The van der Waals surface area contributed by atoms with Crippen LogP contribution < -0.4 is 5.73 Å². The number of carbonyl (C=O) groups excluding carboxylic acids is 1. The third-order valence-corrected chi connectivity index (χ3v) is 5.56. The number of carbonyl (C=O) groups is 1. The summed E-state index contributed by atoms with van der Waals surface area (Å²) in [7, 11) is 0. The van der Waals surface area contributed by atoms with Crippen molar-refractivity contribution in [2.75, 3.05) is 0 Å². The topological polar surface area (TPSA) is 55.6 Å². The van der Waals surface area contributed by atoms with Crippen molar-refractivity contribution in [3.63, 3.8) is 0 Å². The molecule has 3 rings (SSSR count). The Morgan fingerprint density at radius 1 is 1.27 bits per heavy atom. The van der Waals surface area contributed by atoms with Crippen molar-refractivity contribution in [2.45, 2.75) is 64.3 Å². The van der Waals surface area contributed by atoms with E-state index in [0.717, 1.165) is 31.2 Å². The summed E-state index contributed by atoms with van der Waals surface area (Å²) >= 11 is 0. The molecule has 0 saturated carbocycles. The minimum atomic E-state index is -0.703. The normalized spacial score (nSPS) is 28.7. The predicted molar refractivity (Wildman–Crippen MR) is 86.1 cm³/mol. The van der Waals surface area contributed by atoms with Crippen LogP contribution in [0.4, 0.5) is 4.79 Å². The van der Waals surface area contributed by atoms with Gasteiger partial charge in [0.25, 0.3) is 0 Å². The molecule has 2 heterocycles. The van der Waals surface area contributed by atoms with E-state index in [1.54, 1.807) is 0 Å². The van der Waals surface area contributed by atoms with Gasteiger partial charge in [-0.25, -0.2) is 4.79 Å². The van der Waals surface area contributed by atoms with Crippen LogP contribution in [0.15, 0.2) is 30.3 Å². The monoisotopic (exact) mass is 302 g/mol. The van der Waals surface area contributed by atoms with Crippen LogP contribution in [0, 0.1) is 5.41 Å². The predicted octanol–water partition coefficient (Wildman–Crippen LogP) is 3.82. The maximum Gasteiger partial charge on any atom is 0.412 e. The lowest BCUT2D eigenvalue weighted by Crippen LogP contribution is -2.53. The molecular formula is C18H26N2O2. The molecule has 2 fully saturated rings. The zero-order chi connectivity index (χ0) is 16.0. The second-order valence-electron chi connectivity index (χ2n) is 7.60. The van der Waals surface area contributed by atoms with Gasteiger partial charge in [0.2, 0.25) is 0 Å². The van der Waals surface area contributed by atoms with E-state index in [1.165, 1.54) is 0 Å². The number of amides is 1. The molecular weight excluding hydrogens is 276 g/mol. The first-order valence-electron chi connectivity index (χ1n) is 8.16. The lowest BCUT2D eigenvalue weighted by molar-refractivity contribution is 0.00841. The number of benzene rings is 1. The summed E-state index contributed by atoms with van der Waals surface area (Å²) in [5, 5.41) is 0. The Labute approximate surface area is 132 Å². The van der Waals surface area contributed by atoms with Crippen LogP contribution in [0.25, 0.3) is 0 Å². The maximum absolute atomic E-state index is 12.8.